The molecule has 0 saturated heterocycles. The van der Waals surface area contributed by atoms with Crippen LogP contribution in [0, 0.1) is 6.92 Å². The second kappa shape index (κ2) is 9.70. The summed E-state index contributed by atoms with van der Waals surface area (Å²) in [5.41, 5.74) is 6.85. The topological polar surface area (TPSA) is 79.8 Å². The molecule has 0 radical (unpaired) electrons. The number of aromatic nitrogens is 3. The van der Waals surface area contributed by atoms with Gasteiger partial charge >= 0.3 is 0 Å². The third-order valence-electron chi connectivity index (χ3n) is 5.02. The number of amides is 1. The van der Waals surface area contributed by atoms with Crippen LogP contribution in [0.4, 0.5) is 5.82 Å². The Morgan fingerprint density at radius 2 is 2.03 bits per heavy atom. The summed E-state index contributed by atoms with van der Waals surface area (Å²) in [7, 11) is 0. The molecule has 2 aromatic carbocycles. The molecule has 1 atom stereocenters. The van der Waals surface area contributed by atoms with Gasteiger partial charge in [0.2, 0.25) is 5.91 Å². The molecule has 0 saturated carbocycles. The third-order valence-corrected chi connectivity index (χ3v) is 5.81. The van der Waals surface area contributed by atoms with E-state index in [-0.39, 0.29) is 11.9 Å². The minimum absolute atomic E-state index is 0.0268. The molecule has 32 heavy (non-hydrogen) atoms. The van der Waals surface area contributed by atoms with E-state index in [0.717, 1.165) is 38.4 Å². The van der Waals surface area contributed by atoms with E-state index in [0.29, 0.717) is 12.4 Å². The highest BCUT2D eigenvalue weighted by molar-refractivity contribution is 7.16. The Bertz CT molecular complexity index is 1280. The van der Waals surface area contributed by atoms with Crippen molar-refractivity contribution in [3.8, 4) is 11.3 Å². The molecule has 0 unspecified atom stereocenters. The van der Waals surface area contributed by atoms with Crippen LogP contribution >= 0.6 is 11.3 Å². The van der Waals surface area contributed by atoms with Crippen LogP contribution in [-0.2, 0) is 4.79 Å². The zero-order valence-corrected chi connectivity index (χ0v) is 19.1. The Morgan fingerprint density at radius 3 is 2.88 bits per heavy atom. The van der Waals surface area contributed by atoms with Crippen LogP contribution in [0.2, 0.25) is 0 Å². The first kappa shape index (κ1) is 21.6. The average molecular weight is 444 g/mol. The number of fused-ring (bicyclic) bond motifs is 1. The molecule has 0 aliphatic heterocycles. The van der Waals surface area contributed by atoms with Gasteiger partial charge in [0.25, 0.3) is 0 Å². The van der Waals surface area contributed by atoms with Gasteiger partial charge in [0.15, 0.2) is 0 Å². The summed E-state index contributed by atoms with van der Waals surface area (Å²) < 4.78 is 1.14. The number of rotatable bonds is 7. The molecule has 4 rings (SSSR count). The van der Waals surface area contributed by atoms with Gasteiger partial charge in [-0.1, -0.05) is 24.3 Å². The van der Waals surface area contributed by atoms with Gasteiger partial charge in [-0.15, -0.1) is 11.3 Å². The molecule has 2 N–H and O–H groups in total. The molecule has 2 aromatic heterocycles. The molecule has 2 heterocycles. The number of benzene rings is 2. The largest absolute Gasteiger partial charge is 0.363 e. The van der Waals surface area contributed by atoms with Gasteiger partial charge in [-0.2, -0.15) is 0 Å². The lowest BCUT2D eigenvalue weighted by Crippen LogP contribution is -2.19. The highest BCUT2D eigenvalue weighted by Crippen LogP contribution is 2.27. The molecule has 6 nitrogen and oxygen atoms in total. The number of thiazole rings is 1. The van der Waals surface area contributed by atoms with E-state index in [2.05, 4.69) is 50.7 Å². The number of nitrogens with zero attached hydrogens (tertiary/aromatic N) is 3. The summed E-state index contributed by atoms with van der Waals surface area (Å²) in [6.07, 6.45) is 3.38. The number of anilines is 1. The van der Waals surface area contributed by atoms with E-state index < -0.39 is 0 Å². The monoisotopic (exact) mass is 443 g/mol. The van der Waals surface area contributed by atoms with Crippen molar-refractivity contribution in [2.45, 2.75) is 26.8 Å². The standard InChI is InChI=1S/C25H25N5OS/c1-4-26-25(31)11-8-18-6-5-7-19(12-18)16(2)28-24-14-22(29-17(3)30-24)20-9-10-21-23(13-20)32-15-27-21/h5-16H,4H2,1-3H3,(H,26,31)(H,28,29,30)/t16-/m0/s1. The molecule has 7 heteroatoms. The lowest BCUT2D eigenvalue weighted by atomic mass is 10.0. The zero-order chi connectivity index (χ0) is 22.5. The van der Waals surface area contributed by atoms with Gasteiger partial charge in [-0.25, -0.2) is 15.0 Å². The fourth-order valence-corrected chi connectivity index (χ4v) is 4.16. The maximum Gasteiger partial charge on any atom is 0.243 e. The van der Waals surface area contributed by atoms with Gasteiger partial charge in [0.1, 0.15) is 11.6 Å². The first-order chi connectivity index (χ1) is 15.5. The lowest BCUT2D eigenvalue weighted by molar-refractivity contribution is -0.116. The minimum Gasteiger partial charge on any atom is -0.363 e. The van der Waals surface area contributed by atoms with Gasteiger partial charge in [0, 0.05) is 30.3 Å². The van der Waals surface area contributed by atoms with Crippen molar-refractivity contribution in [2.24, 2.45) is 0 Å². The van der Waals surface area contributed by atoms with Crippen LogP contribution < -0.4 is 10.6 Å². The van der Waals surface area contributed by atoms with Gasteiger partial charge < -0.3 is 10.6 Å². The molecule has 0 aliphatic carbocycles. The minimum atomic E-state index is -0.0930. The summed E-state index contributed by atoms with van der Waals surface area (Å²) in [4.78, 5) is 25.2. The fourth-order valence-electron chi connectivity index (χ4n) is 3.45. The first-order valence-corrected chi connectivity index (χ1v) is 11.4. The van der Waals surface area contributed by atoms with E-state index in [1.165, 1.54) is 0 Å². The van der Waals surface area contributed by atoms with Crippen molar-refractivity contribution in [2.75, 3.05) is 11.9 Å². The Hall–Kier alpha value is -3.58. The number of likely N-dealkylation sites (N-methyl/N-ethyl adjacent to an activating group) is 1. The van der Waals surface area contributed by atoms with E-state index in [1.54, 1.807) is 17.4 Å². The van der Waals surface area contributed by atoms with E-state index in [1.807, 2.05) is 55.8 Å². The maximum absolute atomic E-state index is 11.7. The number of carbonyl (C=O) groups is 1. The average Bonchev–Trinajstić information content (AvgIpc) is 3.26. The Balaban J connectivity index is 1.54. The van der Waals surface area contributed by atoms with Gasteiger partial charge in [-0.05, 0) is 56.2 Å². The van der Waals surface area contributed by atoms with E-state index >= 15 is 0 Å². The second-order valence-corrected chi connectivity index (χ2v) is 8.37. The van der Waals surface area contributed by atoms with Crippen LogP contribution in [0.3, 0.4) is 0 Å². The molecule has 0 fully saturated rings. The van der Waals surface area contributed by atoms with Crippen molar-refractivity contribution in [1.29, 1.82) is 0 Å². The summed E-state index contributed by atoms with van der Waals surface area (Å²) in [5, 5.41) is 6.25. The quantitative estimate of drug-likeness (QED) is 0.375. The normalized spacial score (nSPS) is 12.2. The summed E-state index contributed by atoms with van der Waals surface area (Å²) >= 11 is 1.62. The smallest absolute Gasteiger partial charge is 0.243 e. The Labute approximate surface area is 191 Å². The molecule has 4 aromatic rings. The second-order valence-electron chi connectivity index (χ2n) is 7.48. The number of hydrogen-bond acceptors (Lipinski definition) is 6. The van der Waals surface area contributed by atoms with Crippen LogP contribution in [0.25, 0.3) is 27.6 Å². The van der Waals surface area contributed by atoms with Crippen molar-refractivity contribution in [3.63, 3.8) is 0 Å². The Morgan fingerprint density at radius 1 is 1.16 bits per heavy atom. The van der Waals surface area contributed by atoms with Crippen LogP contribution in [0.1, 0.15) is 36.8 Å². The van der Waals surface area contributed by atoms with Gasteiger partial charge in [0.05, 0.1) is 21.4 Å². The Kier molecular flexibility index (Phi) is 6.56. The van der Waals surface area contributed by atoms with Crippen LogP contribution in [0.5, 0.6) is 0 Å². The highest BCUT2D eigenvalue weighted by Gasteiger charge is 2.10. The maximum atomic E-state index is 11.7. The molecule has 0 aliphatic rings. The van der Waals surface area contributed by atoms with E-state index in [4.69, 9.17) is 0 Å². The first-order valence-electron chi connectivity index (χ1n) is 10.5. The summed E-state index contributed by atoms with van der Waals surface area (Å²) in [6.45, 7) is 6.50. The fraction of sp³-hybridized carbons (Fsp3) is 0.200. The SMILES string of the molecule is CCNC(=O)C=Cc1cccc([C@H](C)Nc2cc(-c3ccc4ncsc4c3)nc(C)n2)c1. The molecule has 0 bridgehead atoms. The summed E-state index contributed by atoms with van der Waals surface area (Å²) in [6, 6.07) is 16.3. The molecule has 1 amide bonds. The van der Waals surface area contributed by atoms with Crippen LogP contribution in [-0.4, -0.2) is 27.4 Å². The zero-order valence-electron chi connectivity index (χ0n) is 18.3. The lowest BCUT2D eigenvalue weighted by Gasteiger charge is -2.16. The van der Waals surface area contributed by atoms with Gasteiger partial charge in [-0.3, -0.25) is 4.79 Å². The predicted molar refractivity (Wildman–Crippen MR) is 132 cm³/mol. The molecule has 0 spiro atoms. The number of hydrogen-bond donors (Lipinski definition) is 2. The number of aryl methyl sites for hydroxylation is 1. The number of carbonyl (C=O) groups excluding carboxylic acids is 1. The van der Waals surface area contributed by atoms with Crippen molar-refractivity contribution in [1.82, 2.24) is 20.3 Å². The van der Waals surface area contributed by atoms with E-state index in [9.17, 15) is 4.79 Å². The molecular weight excluding hydrogens is 418 g/mol. The van der Waals surface area contributed by atoms with Crippen molar-refractivity contribution in [3.05, 3.63) is 77.1 Å². The van der Waals surface area contributed by atoms with Crippen molar-refractivity contribution >= 4 is 39.4 Å². The molecular formula is C25H25N5OS. The summed E-state index contributed by atoms with van der Waals surface area (Å²) in [5.74, 6) is 1.39. The van der Waals surface area contributed by atoms with Crippen molar-refractivity contribution < 1.29 is 4.79 Å². The number of nitrogens with one attached hydrogen (secondary N) is 2. The highest BCUT2D eigenvalue weighted by atomic mass is 32.1. The molecule has 162 valence electrons. The third kappa shape index (κ3) is 5.18. The van der Waals surface area contributed by atoms with Crippen LogP contribution in [0.15, 0.2) is 60.1 Å². The predicted octanol–water partition coefficient (Wildman–Crippen LogP) is 5.38.